The van der Waals surface area contributed by atoms with Crippen LogP contribution in [0.25, 0.3) is 11.8 Å². The standard InChI is InChI=1S/C25H18Cl2O3/c1-15(28)18-4-2-16(3-5-18)14-30-23-6-7-24-19(12-23)11-20(25(24)29)8-17-9-21(26)13-22(27)10-17/h2-10,12-13,28H,1,11,14H2/b20-8+. The number of carbonyl (C=O) groups excluding carboxylic acids is 1. The number of aliphatic hydroxyl groups is 1. The van der Waals surface area contributed by atoms with Crippen molar-refractivity contribution in [2.75, 3.05) is 0 Å². The van der Waals surface area contributed by atoms with Crippen LogP contribution in [0.4, 0.5) is 0 Å². The van der Waals surface area contributed by atoms with Crippen molar-refractivity contribution in [2.45, 2.75) is 13.0 Å². The minimum absolute atomic E-state index is 0.00692. The highest BCUT2D eigenvalue weighted by atomic mass is 35.5. The smallest absolute Gasteiger partial charge is 0.189 e. The number of aliphatic hydroxyl groups excluding tert-OH is 1. The second kappa shape index (κ2) is 8.39. The number of fused-ring (bicyclic) bond motifs is 1. The summed E-state index contributed by atoms with van der Waals surface area (Å²) in [5.41, 5.74) is 4.76. The molecule has 0 heterocycles. The molecule has 0 atom stereocenters. The van der Waals surface area contributed by atoms with Gasteiger partial charge in [-0.2, -0.15) is 0 Å². The van der Waals surface area contributed by atoms with E-state index in [2.05, 4.69) is 6.58 Å². The number of ether oxygens (including phenoxy) is 1. The first kappa shape index (κ1) is 20.3. The van der Waals surface area contributed by atoms with Crippen molar-refractivity contribution in [1.29, 1.82) is 0 Å². The molecule has 0 saturated heterocycles. The molecule has 0 aliphatic heterocycles. The van der Waals surface area contributed by atoms with Gasteiger partial charge in [-0.3, -0.25) is 4.79 Å². The summed E-state index contributed by atoms with van der Waals surface area (Å²) < 4.78 is 5.89. The predicted octanol–water partition coefficient (Wildman–Crippen LogP) is 6.92. The van der Waals surface area contributed by atoms with Crippen molar-refractivity contribution in [1.82, 2.24) is 0 Å². The maximum Gasteiger partial charge on any atom is 0.189 e. The third-order valence-corrected chi connectivity index (χ3v) is 5.35. The van der Waals surface area contributed by atoms with Gasteiger partial charge in [-0.15, -0.1) is 0 Å². The van der Waals surface area contributed by atoms with E-state index in [4.69, 9.17) is 27.9 Å². The van der Waals surface area contributed by atoms with E-state index in [9.17, 15) is 9.90 Å². The summed E-state index contributed by atoms with van der Waals surface area (Å²) in [4.78, 5) is 12.7. The van der Waals surface area contributed by atoms with Gasteiger partial charge in [-0.25, -0.2) is 0 Å². The molecule has 0 saturated carbocycles. The van der Waals surface area contributed by atoms with E-state index in [1.165, 1.54) is 0 Å². The lowest BCUT2D eigenvalue weighted by Gasteiger charge is -2.08. The van der Waals surface area contributed by atoms with Crippen LogP contribution in [0.15, 0.2) is 72.8 Å². The molecule has 4 rings (SSSR count). The molecule has 1 N–H and O–H groups in total. The van der Waals surface area contributed by atoms with Gasteiger partial charge in [0.25, 0.3) is 0 Å². The number of ketones is 1. The molecule has 3 nitrogen and oxygen atoms in total. The largest absolute Gasteiger partial charge is 0.508 e. The van der Waals surface area contributed by atoms with Crippen LogP contribution in [0.5, 0.6) is 5.75 Å². The molecular formula is C25H18Cl2O3. The fourth-order valence-corrected chi connectivity index (χ4v) is 3.97. The van der Waals surface area contributed by atoms with Crippen molar-refractivity contribution in [3.8, 4) is 5.75 Å². The number of carbonyl (C=O) groups is 1. The number of rotatable bonds is 5. The van der Waals surface area contributed by atoms with Crippen molar-refractivity contribution in [3.05, 3.63) is 111 Å². The number of allylic oxidation sites excluding steroid dienone is 1. The molecule has 1 aliphatic rings. The van der Waals surface area contributed by atoms with Crippen LogP contribution in [0.3, 0.4) is 0 Å². The fourth-order valence-electron chi connectivity index (χ4n) is 3.42. The van der Waals surface area contributed by atoms with Gasteiger partial charge in [0.2, 0.25) is 0 Å². The Kier molecular flexibility index (Phi) is 5.67. The SMILES string of the molecule is C=C(O)c1ccc(COc2ccc3c(c2)C/C(=C\c2cc(Cl)cc(Cl)c2)C3=O)cc1. The molecule has 0 bridgehead atoms. The zero-order valence-electron chi connectivity index (χ0n) is 16.0. The lowest BCUT2D eigenvalue weighted by Crippen LogP contribution is -1.97. The molecule has 0 unspecified atom stereocenters. The van der Waals surface area contributed by atoms with Gasteiger partial charge in [0, 0.05) is 33.2 Å². The highest BCUT2D eigenvalue weighted by Gasteiger charge is 2.25. The quantitative estimate of drug-likeness (QED) is 0.348. The predicted molar refractivity (Wildman–Crippen MR) is 121 cm³/mol. The third kappa shape index (κ3) is 4.43. The van der Waals surface area contributed by atoms with E-state index in [0.29, 0.717) is 45.5 Å². The van der Waals surface area contributed by atoms with Gasteiger partial charge < -0.3 is 9.84 Å². The van der Waals surface area contributed by atoms with Crippen molar-refractivity contribution >= 4 is 40.8 Å². The van der Waals surface area contributed by atoms with Crippen LogP contribution in [-0.2, 0) is 13.0 Å². The van der Waals surface area contributed by atoms with Crippen LogP contribution in [0.2, 0.25) is 10.0 Å². The maximum absolute atomic E-state index is 12.7. The zero-order valence-corrected chi connectivity index (χ0v) is 17.5. The summed E-state index contributed by atoms with van der Waals surface area (Å²) >= 11 is 12.1. The Morgan fingerprint density at radius 2 is 1.73 bits per heavy atom. The Hall–Kier alpha value is -3.01. The Balaban J connectivity index is 1.49. The highest BCUT2D eigenvalue weighted by Crippen LogP contribution is 2.32. The summed E-state index contributed by atoms with van der Waals surface area (Å²) in [6, 6.07) is 18.1. The van der Waals surface area contributed by atoms with Gasteiger partial charge in [-0.1, -0.05) is 54.0 Å². The van der Waals surface area contributed by atoms with Crippen molar-refractivity contribution in [2.24, 2.45) is 0 Å². The molecule has 0 amide bonds. The molecule has 0 spiro atoms. The first-order valence-corrected chi connectivity index (χ1v) is 10.1. The topological polar surface area (TPSA) is 46.5 Å². The normalized spacial score (nSPS) is 14.1. The van der Waals surface area contributed by atoms with Crippen molar-refractivity contribution < 1.29 is 14.6 Å². The van der Waals surface area contributed by atoms with E-state index in [1.54, 1.807) is 42.5 Å². The van der Waals surface area contributed by atoms with Crippen LogP contribution < -0.4 is 4.74 Å². The Morgan fingerprint density at radius 3 is 2.40 bits per heavy atom. The Morgan fingerprint density at radius 1 is 1.03 bits per heavy atom. The van der Waals surface area contributed by atoms with E-state index in [-0.39, 0.29) is 11.5 Å². The number of hydrogen-bond acceptors (Lipinski definition) is 3. The zero-order chi connectivity index (χ0) is 21.3. The van der Waals surface area contributed by atoms with E-state index >= 15 is 0 Å². The lowest BCUT2D eigenvalue weighted by molar-refractivity contribution is 0.104. The minimum Gasteiger partial charge on any atom is -0.508 e. The van der Waals surface area contributed by atoms with E-state index < -0.39 is 0 Å². The summed E-state index contributed by atoms with van der Waals surface area (Å²) in [7, 11) is 0. The number of Topliss-reactive ketones (excluding diaryl/α,β-unsaturated/α-hetero) is 1. The van der Waals surface area contributed by atoms with E-state index in [0.717, 1.165) is 16.7 Å². The van der Waals surface area contributed by atoms with Crippen LogP contribution >= 0.6 is 23.2 Å². The molecule has 3 aromatic rings. The summed E-state index contributed by atoms with van der Waals surface area (Å²) in [5.74, 6) is 0.742. The molecule has 30 heavy (non-hydrogen) atoms. The number of hydrogen-bond donors (Lipinski definition) is 1. The molecule has 5 heteroatoms. The van der Waals surface area contributed by atoms with E-state index in [1.807, 2.05) is 24.3 Å². The van der Waals surface area contributed by atoms with Gasteiger partial charge in [0.15, 0.2) is 5.78 Å². The van der Waals surface area contributed by atoms with Gasteiger partial charge in [-0.05, 0) is 59.2 Å². The molecule has 150 valence electrons. The number of benzene rings is 3. The third-order valence-electron chi connectivity index (χ3n) is 4.91. The second-order valence-electron chi connectivity index (χ2n) is 7.13. The summed E-state index contributed by atoms with van der Waals surface area (Å²) in [5, 5.41) is 10.5. The second-order valence-corrected chi connectivity index (χ2v) is 8.00. The summed E-state index contributed by atoms with van der Waals surface area (Å²) in [6.45, 7) is 3.89. The maximum atomic E-state index is 12.7. The highest BCUT2D eigenvalue weighted by molar-refractivity contribution is 6.34. The fraction of sp³-hybridized carbons (Fsp3) is 0.0800. The average molecular weight is 437 g/mol. The summed E-state index contributed by atoms with van der Waals surface area (Å²) in [6.07, 6.45) is 2.36. The molecule has 3 aromatic carbocycles. The molecule has 0 radical (unpaired) electrons. The Labute approximate surface area is 184 Å². The minimum atomic E-state index is 0.00692. The Bertz CT molecular complexity index is 1160. The number of halogens is 2. The lowest BCUT2D eigenvalue weighted by atomic mass is 10.1. The molecular weight excluding hydrogens is 419 g/mol. The van der Waals surface area contributed by atoms with Crippen LogP contribution in [0.1, 0.15) is 32.6 Å². The molecule has 0 fully saturated rings. The monoisotopic (exact) mass is 436 g/mol. The first-order chi connectivity index (χ1) is 14.4. The van der Waals surface area contributed by atoms with Gasteiger partial charge >= 0.3 is 0 Å². The average Bonchev–Trinajstić information content (AvgIpc) is 3.00. The van der Waals surface area contributed by atoms with Gasteiger partial charge in [0.1, 0.15) is 18.1 Å². The van der Waals surface area contributed by atoms with Crippen LogP contribution in [0, 0.1) is 0 Å². The van der Waals surface area contributed by atoms with Gasteiger partial charge in [0.05, 0.1) is 0 Å². The van der Waals surface area contributed by atoms with Crippen molar-refractivity contribution in [3.63, 3.8) is 0 Å². The molecule has 0 aromatic heterocycles. The first-order valence-electron chi connectivity index (χ1n) is 9.33. The molecule has 1 aliphatic carbocycles. The van der Waals surface area contributed by atoms with Crippen LogP contribution in [-0.4, -0.2) is 10.9 Å².